The van der Waals surface area contributed by atoms with E-state index in [0.29, 0.717) is 30.3 Å². The molecule has 16 heavy (non-hydrogen) atoms. The zero-order chi connectivity index (χ0) is 11.7. The Hall–Kier alpha value is -1.23. The number of aliphatic carboxylic acids is 1. The maximum Gasteiger partial charge on any atom is 0.310 e. The number of hydrogen-bond donors (Lipinski definition) is 1. The third-order valence-electron chi connectivity index (χ3n) is 2.50. The van der Waals surface area contributed by atoms with E-state index in [9.17, 15) is 4.79 Å². The Labute approximate surface area is 101 Å². The SMILES string of the molecule is CC(C(=O)O)c1cc2c(cc1Br)OCCO2. The Morgan fingerprint density at radius 3 is 2.50 bits per heavy atom. The predicted molar refractivity (Wildman–Crippen MR) is 61.2 cm³/mol. The summed E-state index contributed by atoms with van der Waals surface area (Å²) in [5.41, 5.74) is 0.691. The maximum absolute atomic E-state index is 10.9. The summed E-state index contributed by atoms with van der Waals surface area (Å²) in [7, 11) is 0. The number of hydrogen-bond acceptors (Lipinski definition) is 3. The molecule has 86 valence electrons. The molecule has 0 saturated heterocycles. The second-order valence-electron chi connectivity index (χ2n) is 3.58. The monoisotopic (exact) mass is 286 g/mol. The molecule has 0 bridgehead atoms. The van der Waals surface area contributed by atoms with E-state index in [1.165, 1.54) is 0 Å². The normalized spacial score (nSPS) is 15.6. The smallest absolute Gasteiger partial charge is 0.310 e. The van der Waals surface area contributed by atoms with Gasteiger partial charge >= 0.3 is 5.97 Å². The number of rotatable bonds is 2. The van der Waals surface area contributed by atoms with Gasteiger partial charge in [-0.2, -0.15) is 0 Å². The van der Waals surface area contributed by atoms with E-state index in [-0.39, 0.29) is 0 Å². The fourth-order valence-corrected chi connectivity index (χ4v) is 2.21. The van der Waals surface area contributed by atoms with E-state index in [2.05, 4.69) is 15.9 Å². The molecule has 1 unspecified atom stereocenters. The molecule has 5 heteroatoms. The highest BCUT2D eigenvalue weighted by Gasteiger charge is 2.21. The Morgan fingerprint density at radius 2 is 1.94 bits per heavy atom. The number of fused-ring (bicyclic) bond motifs is 1. The number of benzene rings is 1. The lowest BCUT2D eigenvalue weighted by molar-refractivity contribution is -0.138. The van der Waals surface area contributed by atoms with Gasteiger partial charge in [-0.25, -0.2) is 0 Å². The first-order valence-electron chi connectivity index (χ1n) is 4.91. The molecule has 1 heterocycles. The quantitative estimate of drug-likeness (QED) is 0.907. The largest absolute Gasteiger partial charge is 0.486 e. The summed E-state index contributed by atoms with van der Waals surface area (Å²) < 4.78 is 11.5. The van der Waals surface area contributed by atoms with Gasteiger partial charge < -0.3 is 14.6 Å². The number of ether oxygens (including phenoxy) is 2. The highest BCUT2D eigenvalue weighted by Crippen LogP contribution is 2.38. The van der Waals surface area contributed by atoms with E-state index in [4.69, 9.17) is 14.6 Å². The minimum absolute atomic E-state index is 0.496. The first-order chi connectivity index (χ1) is 7.59. The highest BCUT2D eigenvalue weighted by molar-refractivity contribution is 9.10. The van der Waals surface area contributed by atoms with Crippen LogP contribution in [0.25, 0.3) is 0 Å². The molecule has 0 fully saturated rings. The summed E-state index contributed by atoms with van der Waals surface area (Å²) in [4.78, 5) is 10.9. The van der Waals surface area contributed by atoms with Crippen LogP contribution in [-0.4, -0.2) is 24.3 Å². The van der Waals surface area contributed by atoms with E-state index in [1.54, 1.807) is 19.1 Å². The predicted octanol–water partition coefficient (Wildman–Crippen LogP) is 2.41. The fourth-order valence-electron chi connectivity index (χ4n) is 1.54. The Kier molecular flexibility index (Phi) is 3.05. The lowest BCUT2D eigenvalue weighted by Gasteiger charge is -2.20. The second kappa shape index (κ2) is 4.33. The molecule has 0 aliphatic carbocycles. The van der Waals surface area contributed by atoms with Gasteiger partial charge in [0.1, 0.15) is 13.2 Å². The lowest BCUT2D eigenvalue weighted by atomic mass is 10.0. The van der Waals surface area contributed by atoms with Crippen LogP contribution in [0.3, 0.4) is 0 Å². The first kappa shape index (κ1) is 11.3. The molecule has 0 saturated carbocycles. The van der Waals surface area contributed by atoms with Gasteiger partial charge in [0, 0.05) is 4.47 Å². The Balaban J connectivity index is 2.43. The Bertz CT molecular complexity index is 430. The lowest BCUT2D eigenvalue weighted by Crippen LogP contribution is -2.16. The molecule has 2 rings (SSSR count). The van der Waals surface area contributed by atoms with Crippen molar-refractivity contribution >= 4 is 21.9 Å². The standard InChI is InChI=1S/C11H11BrO4/c1-6(11(13)14)7-4-9-10(5-8(7)12)16-3-2-15-9/h4-6H,2-3H2,1H3,(H,13,14). The van der Waals surface area contributed by atoms with Crippen LogP contribution in [-0.2, 0) is 4.79 Å². The van der Waals surface area contributed by atoms with Crippen LogP contribution in [0.4, 0.5) is 0 Å². The number of carbonyl (C=O) groups is 1. The molecule has 0 amide bonds. The van der Waals surface area contributed by atoms with Crippen molar-refractivity contribution in [3.63, 3.8) is 0 Å². The number of halogens is 1. The van der Waals surface area contributed by atoms with Crippen LogP contribution in [0, 0.1) is 0 Å². The second-order valence-corrected chi connectivity index (χ2v) is 4.43. The molecular weight excluding hydrogens is 276 g/mol. The van der Waals surface area contributed by atoms with Crippen LogP contribution < -0.4 is 9.47 Å². The molecule has 1 aliphatic rings. The van der Waals surface area contributed by atoms with Crippen molar-refractivity contribution in [2.45, 2.75) is 12.8 Å². The highest BCUT2D eigenvalue weighted by atomic mass is 79.9. The van der Waals surface area contributed by atoms with E-state index in [1.807, 2.05) is 0 Å². The van der Waals surface area contributed by atoms with Gasteiger partial charge in [0.2, 0.25) is 0 Å². The molecular formula is C11H11BrO4. The summed E-state index contributed by atoms with van der Waals surface area (Å²) in [6.45, 7) is 2.65. The third-order valence-corrected chi connectivity index (χ3v) is 3.19. The zero-order valence-electron chi connectivity index (χ0n) is 8.70. The summed E-state index contributed by atoms with van der Waals surface area (Å²) in [6.07, 6.45) is 0. The molecule has 0 radical (unpaired) electrons. The Morgan fingerprint density at radius 1 is 1.38 bits per heavy atom. The van der Waals surface area contributed by atoms with Crippen molar-refractivity contribution < 1.29 is 19.4 Å². The van der Waals surface area contributed by atoms with E-state index < -0.39 is 11.9 Å². The number of carboxylic acids is 1. The molecule has 1 aromatic carbocycles. The average Bonchev–Trinajstić information content (AvgIpc) is 2.27. The molecule has 1 N–H and O–H groups in total. The molecule has 1 aromatic rings. The van der Waals surface area contributed by atoms with Gasteiger partial charge in [-0.05, 0) is 24.6 Å². The van der Waals surface area contributed by atoms with Crippen molar-refractivity contribution in [3.8, 4) is 11.5 Å². The summed E-state index contributed by atoms with van der Waals surface area (Å²) in [5, 5.41) is 8.97. The maximum atomic E-state index is 10.9. The summed E-state index contributed by atoms with van der Waals surface area (Å²) in [5.74, 6) is -0.181. The minimum Gasteiger partial charge on any atom is -0.486 e. The van der Waals surface area contributed by atoms with Crippen LogP contribution >= 0.6 is 15.9 Å². The van der Waals surface area contributed by atoms with Gasteiger partial charge in [-0.15, -0.1) is 0 Å². The minimum atomic E-state index is -0.864. The molecule has 1 atom stereocenters. The van der Waals surface area contributed by atoms with Crippen LogP contribution in [0.5, 0.6) is 11.5 Å². The van der Waals surface area contributed by atoms with Crippen LogP contribution in [0.1, 0.15) is 18.4 Å². The van der Waals surface area contributed by atoms with Gasteiger partial charge in [-0.1, -0.05) is 15.9 Å². The molecule has 0 aromatic heterocycles. The van der Waals surface area contributed by atoms with Crippen molar-refractivity contribution in [1.82, 2.24) is 0 Å². The van der Waals surface area contributed by atoms with Crippen molar-refractivity contribution in [2.24, 2.45) is 0 Å². The zero-order valence-corrected chi connectivity index (χ0v) is 10.3. The molecule has 4 nitrogen and oxygen atoms in total. The topological polar surface area (TPSA) is 55.8 Å². The van der Waals surface area contributed by atoms with E-state index in [0.717, 1.165) is 4.47 Å². The van der Waals surface area contributed by atoms with Gasteiger partial charge in [0.05, 0.1) is 5.92 Å². The van der Waals surface area contributed by atoms with Crippen molar-refractivity contribution in [3.05, 3.63) is 22.2 Å². The van der Waals surface area contributed by atoms with Crippen LogP contribution in [0.15, 0.2) is 16.6 Å². The third kappa shape index (κ3) is 2.00. The van der Waals surface area contributed by atoms with E-state index >= 15 is 0 Å². The van der Waals surface area contributed by atoms with Gasteiger partial charge in [0.15, 0.2) is 11.5 Å². The van der Waals surface area contributed by atoms with Crippen molar-refractivity contribution in [1.29, 1.82) is 0 Å². The average molecular weight is 287 g/mol. The fraction of sp³-hybridized carbons (Fsp3) is 0.364. The molecule has 0 spiro atoms. The summed E-state index contributed by atoms with van der Waals surface area (Å²) in [6, 6.07) is 3.47. The van der Waals surface area contributed by atoms with Crippen molar-refractivity contribution in [2.75, 3.05) is 13.2 Å². The number of carboxylic acid groups (broad SMARTS) is 1. The first-order valence-corrected chi connectivity index (χ1v) is 5.70. The van der Waals surface area contributed by atoms with Crippen LogP contribution in [0.2, 0.25) is 0 Å². The van der Waals surface area contributed by atoms with Gasteiger partial charge in [-0.3, -0.25) is 4.79 Å². The summed E-state index contributed by atoms with van der Waals surface area (Å²) >= 11 is 3.35. The molecule has 1 aliphatic heterocycles. The van der Waals surface area contributed by atoms with Gasteiger partial charge in [0.25, 0.3) is 0 Å².